The minimum atomic E-state index is -0.742. The molecule has 4 heteroatoms. The summed E-state index contributed by atoms with van der Waals surface area (Å²) in [5, 5.41) is 8.75. The van der Waals surface area contributed by atoms with Crippen molar-refractivity contribution in [3.63, 3.8) is 0 Å². The molecule has 0 atom stereocenters. The Hall–Kier alpha value is -1.58. The van der Waals surface area contributed by atoms with Crippen molar-refractivity contribution in [1.29, 1.82) is 0 Å². The van der Waals surface area contributed by atoms with Crippen molar-refractivity contribution in [3.8, 4) is 0 Å². The fourth-order valence-corrected chi connectivity index (χ4v) is 1.82. The maximum atomic E-state index is 10.9. The van der Waals surface area contributed by atoms with Gasteiger partial charge in [-0.3, -0.25) is 9.59 Å². The minimum absolute atomic E-state index is 0.0191. The number of aromatic nitrogens is 1. The van der Waals surface area contributed by atoms with E-state index in [0.29, 0.717) is 6.54 Å². The number of carboxylic acid groups (broad SMARTS) is 1. The highest BCUT2D eigenvalue weighted by atomic mass is 16.4. The first-order valence-electron chi connectivity index (χ1n) is 4.98. The molecule has 15 heavy (non-hydrogen) atoms. The molecule has 1 N–H and O–H groups in total. The number of carboxylic acids is 1. The molecule has 1 heterocycles. The first-order chi connectivity index (χ1) is 7.10. The van der Waals surface area contributed by atoms with Crippen LogP contribution in [0.25, 0.3) is 0 Å². The van der Waals surface area contributed by atoms with Crippen LogP contribution in [-0.2, 0) is 11.3 Å². The number of hydrogen-bond donors (Lipinski definition) is 1. The highest BCUT2D eigenvalue weighted by molar-refractivity contribution is 5.68. The molecule has 0 bridgehead atoms. The third-order valence-corrected chi connectivity index (χ3v) is 2.86. The van der Waals surface area contributed by atoms with E-state index in [2.05, 4.69) is 0 Å². The van der Waals surface area contributed by atoms with Gasteiger partial charge in [-0.25, -0.2) is 0 Å². The quantitative estimate of drug-likeness (QED) is 0.804. The van der Waals surface area contributed by atoms with Crippen molar-refractivity contribution in [2.45, 2.75) is 25.8 Å². The SMILES string of the molecule is O=C(O)CC1(Cn2ccc(=O)cc2)CC1. The normalized spacial score (nSPS) is 17.3. The molecule has 1 aromatic heterocycles. The Morgan fingerprint density at radius 3 is 2.47 bits per heavy atom. The summed E-state index contributed by atoms with van der Waals surface area (Å²) < 4.78 is 1.89. The Morgan fingerprint density at radius 1 is 1.40 bits per heavy atom. The average molecular weight is 207 g/mol. The number of carbonyl (C=O) groups is 1. The molecule has 0 unspecified atom stereocenters. The summed E-state index contributed by atoms with van der Waals surface area (Å²) in [5.41, 5.74) is -0.0877. The van der Waals surface area contributed by atoms with E-state index in [1.165, 1.54) is 12.1 Å². The highest BCUT2D eigenvalue weighted by Gasteiger charge is 2.44. The van der Waals surface area contributed by atoms with Crippen LogP contribution in [0.4, 0.5) is 0 Å². The van der Waals surface area contributed by atoms with Gasteiger partial charge in [0, 0.05) is 31.1 Å². The molecule has 0 aliphatic heterocycles. The predicted octanol–water partition coefficient (Wildman–Crippen LogP) is 1.10. The number of rotatable bonds is 4. The Labute approximate surface area is 87.2 Å². The lowest BCUT2D eigenvalue weighted by atomic mass is 10.0. The summed E-state index contributed by atoms with van der Waals surface area (Å²) in [6.45, 7) is 0.694. The van der Waals surface area contributed by atoms with E-state index in [0.717, 1.165) is 12.8 Å². The van der Waals surface area contributed by atoms with Crippen LogP contribution < -0.4 is 5.43 Å². The maximum Gasteiger partial charge on any atom is 0.303 e. The van der Waals surface area contributed by atoms with E-state index in [-0.39, 0.29) is 17.3 Å². The van der Waals surface area contributed by atoms with Crippen molar-refractivity contribution < 1.29 is 9.90 Å². The van der Waals surface area contributed by atoms with Crippen LogP contribution in [0.3, 0.4) is 0 Å². The third kappa shape index (κ3) is 2.46. The lowest BCUT2D eigenvalue weighted by Crippen LogP contribution is -2.16. The van der Waals surface area contributed by atoms with Crippen LogP contribution in [0.1, 0.15) is 19.3 Å². The molecule has 0 saturated heterocycles. The van der Waals surface area contributed by atoms with Crippen LogP contribution in [0.5, 0.6) is 0 Å². The topological polar surface area (TPSA) is 59.3 Å². The van der Waals surface area contributed by atoms with Crippen molar-refractivity contribution >= 4 is 5.97 Å². The smallest absolute Gasteiger partial charge is 0.303 e. The molecule has 0 radical (unpaired) electrons. The van der Waals surface area contributed by atoms with Crippen molar-refractivity contribution in [2.75, 3.05) is 0 Å². The van der Waals surface area contributed by atoms with E-state index in [4.69, 9.17) is 5.11 Å². The van der Waals surface area contributed by atoms with Gasteiger partial charge in [-0.05, 0) is 18.3 Å². The summed E-state index contributed by atoms with van der Waals surface area (Å²) in [6, 6.07) is 2.99. The Balaban J connectivity index is 2.05. The van der Waals surface area contributed by atoms with Gasteiger partial charge in [-0.2, -0.15) is 0 Å². The molecule has 2 rings (SSSR count). The number of nitrogens with zero attached hydrogens (tertiary/aromatic N) is 1. The third-order valence-electron chi connectivity index (χ3n) is 2.86. The van der Waals surface area contributed by atoms with Crippen LogP contribution in [0.15, 0.2) is 29.3 Å². The van der Waals surface area contributed by atoms with Gasteiger partial charge in [-0.15, -0.1) is 0 Å². The van der Waals surface area contributed by atoms with Gasteiger partial charge in [0.15, 0.2) is 5.43 Å². The summed E-state index contributed by atoms with van der Waals surface area (Å²) >= 11 is 0. The van der Waals surface area contributed by atoms with Gasteiger partial charge in [0.05, 0.1) is 6.42 Å². The van der Waals surface area contributed by atoms with Gasteiger partial charge in [0.2, 0.25) is 0 Å². The largest absolute Gasteiger partial charge is 0.481 e. The lowest BCUT2D eigenvalue weighted by molar-refractivity contribution is -0.138. The van der Waals surface area contributed by atoms with Crippen molar-refractivity contribution in [3.05, 3.63) is 34.7 Å². The van der Waals surface area contributed by atoms with Gasteiger partial charge < -0.3 is 9.67 Å². The molecule has 80 valence electrons. The molecule has 0 aromatic carbocycles. The van der Waals surface area contributed by atoms with Crippen molar-refractivity contribution in [2.24, 2.45) is 5.41 Å². The van der Waals surface area contributed by atoms with Crippen LogP contribution >= 0.6 is 0 Å². The second-order valence-electron chi connectivity index (χ2n) is 4.28. The van der Waals surface area contributed by atoms with Crippen LogP contribution in [0, 0.1) is 5.41 Å². The van der Waals surface area contributed by atoms with Crippen molar-refractivity contribution in [1.82, 2.24) is 4.57 Å². The zero-order chi connectivity index (χ0) is 10.9. The Morgan fingerprint density at radius 2 is 2.00 bits per heavy atom. The molecular formula is C11H13NO3. The van der Waals surface area contributed by atoms with Gasteiger partial charge in [0.1, 0.15) is 0 Å². The maximum absolute atomic E-state index is 10.9. The molecule has 1 aliphatic rings. The van der Waals surface area contributed by atoms with E-state index in [9.17, 15) is 9.59 Å². The van der Waals surface area contributed by atoms with E-state index in [1.54, 1.807) is 12.4 Å². The second-order valence-corrected chi connectivity index (χ2v) is 4.28. The molecule has 0 amide bonds. The van der Waals surface area contributed by atoms with Crippen LogP contribution in [-0.4, -0.2) is 15.6 Å². The zero-order valence-electron chi connectivity index (χ0n) is 8.35. The Kier molecular flexibility index (Phi) is 2.34. The molecule has 1 fully saturated rings. The number of hydrogen-bond acceptors (Lipinski definition) is 2. The number of pyridine rings is 1. The van der Waals surface area contributed by atoms with Gasteiger partial charge >= 0.3 is 5.97 Å². The molecule has 4 nitrogen and oxygen atoms in total. The first-order valence-corrected chi connectivity index (χ1v) is 4.98. The fourth-order valence-electron chi connectivity index (χ4n) is 1.82. The molecule has 1 saturated carbocycles. The standard InChI is InChI=1S/C11H13NO3/c13-9-1-5-12(6-2-9)8-11(3-4-11)7-10(14)15/h1-2,5-6H,3-4,7-8H2,(H,14,15). The number of aliphatic carboxylic acids is 1. The molecule has 0 spiro atoms. The average Bonchev–Trinajstić information content (AvgIpc) is 2.88. The minimum Gasteiger partial charge on any atom is -0.481 e. The molecule has 1 aromatic rings. The fraction of sp³-hybridized carbons (Fsp3) is 0.455. The summed E-state index contributed by atoms with van der Waals surface area (Å²) in [7, 11) is 0. The summed E-state index contributed by atoms with van der Waals surface area (Å²) in [5.74, 6) is -0.742. The highest BCUT2D eigenvalue weighted by Crippen LogP contribution is 2.50. The molecular weight excluding hydrogens is 194 g/mol. The van der Waals surface area contributed by atoms with Gasteiger partial charge in [-0.1, -0.05) is 0 Å². The van der Waals surface area contributed by atoms with E-state index >= 15 is 0 Å². The summed E-state index contributed by atoms with van der Waals surface area (Å²) in [6.07, 6.45) is 5.57. The second kappa shape index (κ2) is 3.53. The Bertz CT molecular complexity index is 411. The van der Waals surface area contributed by atoms with E-state index in [1.807, 2.05) is 4.57 Å². The zero-order valence-corrected chi connectivity index (χ0v) is 8.35. The first kappa shape index (κ1) is 9.96. The predicted molar refractivity (Wildman–Crippen MR) is 54.6 cm³/mol. The monoisotopic (exact) mass is 207 g/mol. The molecule has 1 aliphatic carbocycles. The van der Waals surface area contributed by atoms with Gasteiger partial charge in [0.25, 0.3) is 0 Å². The van der Waals surface area contributed by atoms with E-state index < -0.39 is 5.97 Å². The lowest BCUT2D eigenvalue weighted by Gasteiger charge is -2.14. The summed E-state index contributed by atoms with van der Waals surface area (Å²) in [4.78, 5) is 21.5. The van der Waals surface area contributed by atoms with Crippen LogP contribution in [0.2, 0.25) is 0 Å².